The Labute approximate surface area is 182 Å². The molecule has 1 fully saturated rings. The number of anilines is 1. The van der Waals surface area contributed by atoms with Crippen LogP contribution in [0.25, 0.3) is 21.6 Å². The third-order valence-corrected chi connectivity index (χ3v) is 8.17. The maximum Gasteiger partial charge on any atom is 0.151 e. The summed E-state index contributed by atoms with van der Waals surface area (Å²) >= 11 is 3.57. The van der Waals surface area contributed by atoms with Gasteiger partial charge in [-0.25, -0.2) is 17.9 Å². The van der Waals surface area contributed by atoms with Gasteiger partial charge in [0.2, 0.25) is 0 Å². The number of aromatic nitrogens is 4. The lowest BCUT2D eigenvalue weighted by atomic mass is 10.2. The molecular formula is C16H19IN5O3PS2. The van der Waals surface area contributed by atoms with Gasteiger partial charge in [0, 0.05) is 19.0 Å². The van der Waals surface area contributed by atoms with E-state index in [0.29, 0.717) is 19.6 Å². The van der Waals surface area contributed by atoms with Crippen molar-refractivity contribution in [3.63, 3.8) is 0 Å². The normalized spacial score (nSPS) is 18.5. The predicted molar refractivity (Wildman–Crippen MR) is 123 cm³/mol. The second kappa shape index (κ2) is 8.10. The molecule has 3 aromatic rings. The fourth-order valence-electron chi connectivity index (χ4n) is 3.29. The lowest BCUT2D eigenvalue weighted by molar-refractivity contribution is 0.0985. The highest BCUT2D eigenvalue weighted by atomic mass is 127. The summed E-state index contributed by atoms with van der Waals surface area (Å²) in [6.45, 7) is 4.06. The number of nitrogens with zero attached hydrogens (tertiary/aromatic N) is 5. The van der Waals surface area contributed by atoms with Gasteiger partial charge in [-0.05, 0) is 58.2 Å². The second-order valence-electron chi connectivity index (χ2n) is 6.75. The van der Waals surface area contributed by atoms with E-state index in [4.69, 9.17) is 9.72 Å². The van der Waals surface area contributed by atoms with Crippen LogP contribution in [-0.4, -0.2) is 59.4 Å². The third-order valence-electron chi connectivity index (χ3n) is 4.53. The summed E-state index contributed by atoms with van der Waals surface area (Å²) in [5, 5.41) is 4.34. The van der Waals surface area contributed by atoms with Crippen molar-refractivity contribution >= 4 is 65.8 Å². The number of fused-ring (bicyclic) bond motifs is 1. The van der Waals surface area contributed by atoms with E-state index in [0.717, 1.165) is 39.5 Å². The third kappa shape index (κ3) is 4.04. The highest BCUT2D eigenvalue weighted by molar-refractivity contribution is 14.2. The van der Waals surface area contributed by atoms with Crippen LogP contribution in [0.5, 0.6) is 0 Å². The summed E-state index contributed by atoms with van der Waals surface area (Å²) < 4.78 is 37.0. The number of hydrogen-bond acceptors (Lipinski definition) is 8. The van der Waals surface area contributed by atoms with Gasteiger partial charge in [0.25, 0.3) is 0 Å². The maximum atomic E-state index is 12.0. The molecule has 0 radical (unpaired) electrons. The molecule has 2 atom stereocenters. The molecule has 3 aromatic heterocycles. The molecule has 0 aliphatic carbocycles. The summed E-state index contributed by atoms with van der Waals surface area (Å²) in [5.41, 5.74) is 3.12. The summed E-state index contributed by atoms with van der Waals surface area (Å²) in [4.78, 5) is 7.09. The molecule has 0 saturated carbocycles. The van der Waals surface area contributed by atoms with E-state index in [1.54, 1.807) is 6.20 Å². The minimum absolute atomic E-state index is 0.0350. The Morgan fingerprint density at radius 2 is 2.29 bits per heavy atom. The highest BCUT2D eigenvalue weighted by Gasteiger charge is 2.25. The largest absolute Gasteiger partial charge is 0.377 e. The molecule has 1 saturated heterocycles. The quantitative estimate of drug-likeness (QED) is 0.356. The Bertz CT molecular complexity index is 1120. The van der Waals surface area contributed by atoms with Gasteiger partial charge in [-0.1, -0.05) is 0 Å². The Morgan fingerprint density at radius 3 is 3.00 bits per heavy atom. The summed E-state index contributed by atoms with van der Waals surface area (Å²) in [6.07, 6.45) is 3.44. The molecule has 1 aliphatic heterocycles. The van der Waals surface area contributed by atoms with Crippen molar-refractivity contribution in [2.24, 2.45) is 0 Å². The first kappa shape index (κ1) is 20.4. The zero-order valence-corrected chi connectivity index (χ0v) is 20.1. The van der Waals surface area contributed by atoms with Crippen LogP contribution in [-0.2, 0) is 20.3 Å². The molecule has 8 nitrogen and oxygen atoms in total. The number of hydrogen-bond donors (Lipinski definition) is 0. The zero-order chi connectivity index (χ0) is 19.9. The molecule has 0 amide bonds. The number of rotatable bonds is 5. The first-order valence-electron chi connectivity index (χ1n) is 8.60. The van der Waals surface area contributed by atoms with E-state index in [1.165, 1.54) is 17.8 Å². The lowest BCUT2D eigenvalue weighted by Gasteiger charge is -2.34. The van der Waals surface area contributed by atoms with Gasteiger partial charge in [0.1, 0.15) is 17.0 Å². The van der Waals surface area contributed by atoms with Crippen molar-refractivity contribution in [3.05, 3.63) is 23.9 Å². The minimum Gasteiger partial charge on any atom is -0.377 e. The first-order valence-corrected chi connectivity index (χ1v) is 15.5. The number of ether oxygens (including phenoxy) is 1. The number of halogens is 1. The molecule has 4 rings (SSSR count). The molecule has 1 aliphatic rings. The van der Waals surface area contributed by atoms with Crippen LogP contribution < -0.4 is 4.90 Å². The number of pyridine rings is 1. The smallest absolute Gasteiger partial charge is 0.151 e. The van der Waals surface area contributed by atoms with Crippen LogP contribution in [0.2, 0.25) is 0 Å². The van der Waals surface area contributed by atoms with E-state index in [2.05, 4.69) is 43.3 Å². The molecular weight excluding hydrogens is 532 g/mol. The Kier molecular flexibility index (Phi) is 5.90. The van der Waals surface area contributed by atoms with Gasteiger partial charge in [0.05, 0.1) is 41.8 Å². The van der Waals surface area contributed by atoms with Crippen LogP contribution in [0, 0.1) is 0 Å². The summed E-state index contributed by atoms with van der Waals surface area (Å²) in [6, 6.07) is 3.98. The van der Waals surface area contributed by atoms with Crippen LogP contribution in [0.15, 0.2) is 18.3 Å². The molecule has 0 spiro atoms. The maximum absolute atomic E-state index is 12.0. The van der Waals surface area contributed by atoms with Crippen molar-refractivity contribution in [2.45, 2.75) is 18.7 Å². The van der Waals surface area contributed by atoms with Crippen molar-refractivity contribution in [1.29, 1.82) is 0 Å². The minimum atomic E-state index is -3.20. The predicted octanol–water partition coefficient (Wildman–Crippen LogP) is 3.12. The first-order chi connectivity index (χ1) is 13.4. The Balaban J connectivity index is 1.92. The fourth-order valence-corrected chi connectivity index (χ4v) is 6.55. The second-order valence-corrected chi connectivity index (χ2v) is 11.7. The van der Waals surface area contributed by atoms with Gasteiger partial charge in [-0.3, -0.25) is 0 Å². The Morgan fingerprint density at radius 1 is 1.46 bits per heavy atom. The van der Waals surface area contributed by atoms with E-state index >= 15 is 0 Å². The van der Waals surface area contributed by atoms with Crippen molar-refractivity contribution in [2.75, 3.05) is 30.9 Å². The lowest BCUT2D eigenvalue weighted by Crippen LogP contribution is -2.44. The number of morpholine rings is 1. The van der Waals surface area contributed by atoms with E-state index in [-0.39, 0.29) is 11.8 Å². The summed E-state index contributed by atoms with van der Waals surface area (Å²) in [7, 11) is -3.20. The van der Waals surface area contributed by atoms with Gasteiger partial charge in [-0.15, -0.1) is 0 Å². The monoisotopic (exact) mass is 551 g/mol. The van der Waals surface area contributed by atoms with Crippen LogP contribution >= 0.6 is 39.9 Å². The van der Waals surface area contributed by atoms with Gasteiger partial charge < -0.3 is 9.64 Å². The van der Waals surface area contributed by atoms with Crippen molar-refractivity contribution in [1.82, 2.24) is 18.9 Å². The summed E-state index contributed by atoms with van der Waals surface area (Å²) in [5.74, 6) is 0.735. The highest BCUT2D eigenvalue weighted by Crippen LogP contribution is 2.37. The van der Waals surface area contributed by atoms with Crippen molar-refractivity contribution < 1.29 is 13.2 Å². The molecule has 4 heterocycles. The fraction of sp³-hybridized carbons (Fsp3) is 0.438. The van der Waals surface area contributed by atoms with Gasteiger partial charge in [-0.2, -0.15) is 9.47 Å². The molecule has 28 heavy (non-hydrogen) atoms. The van der Waals surface area contributed by atoms with Crippen LogP contribution in [0.4, 0.5) is 5.82 Å². The van der Waals surface area contributed by atoms with Crippen LogP contribution in [0.3, 0.4) is 0 Å². The molecule has 150 valence electrons. The Hall–Kier alpha value is -0.880. The average Bonchev–Trinajstić information content (AvgIpc) is 3.26. The molecule has 12 heteroatoms. The SMILES string of the molecule is C[C@@H]1COCCN1c1cc(CS(C)(=O)=O)c2snc(-c3ccnn3PI)c2n1. The zero-order valence-electron chi connectivity index (χ0n) is 15.3. The molecule has 1 unspecified atom stereocenters. The standard InChI is InChI=1S/C16H19IN5O3PS2/c1-10-8-25-6-5-21(10)13-7-11(9-28(2,23)24)16-15(19-13)14(20-27-16)12-3-4-18-22(12)26-17/h3-4,7,10,26H,5-6,8-9H2,1-2H3/t10-/m1/s1. The van der Waals surface area contributed by atoms with Crippen LogP contribution in [0.1, 0.15) is 12.5 Å². The average molecular weight is 551 g/mol. The van der Waals surface area contributed by atoms with Crippen molar-refractivity contribution in [3.8, 4) is 11.4 Å². The number of sulfone groups is 1. The van der Waals surface area contributed by atoms with E-state index in [1.807, 2.05) is 16.6 Å². The van der Waals surface area contributed by atoms with E-state index < -0.39 is 9.84 Å². The topological polar surface area (TPSA) is 90.2 Å². The molecule has 0 bridgehead atoms. The van der Waals surface area contributed by atoms with Gasteiger partial charge in [0.15, 0.2) is 9.84 Å². The van der Waals surface area contributed by atoms with Gasteiger partial charge >= 0.3 is 0 Å². The van der Waals surface area contributed by atoms with E-state index in [9.17, 15) is 8.42 Å². The molecule has 0 aromatic carbocycles. The molecule has 0 N–H and O–H groups in total.